The van der Waals surface area contributed by atoms with Gasteiger partial charge in [-0.25, -0.2) is 18.8 Å². The first-order valence-electron chi connectivity index (χ1n) is 11.1. The summed E-state index contributed by atoms with van der Waals surface area (Å²) in [7, 11) is 0. The van der Waals surface area contributed by atoms with Crippen molar-refractivity contribution in [3.63, 3.8) is 0 Å². The van der Waals surface area contributed by atoms with Crippen molar-refractivity contribution < 1.29 is 13.6 Å². The highest BCUT2D eigenvalue weighted by Crippen LogP contribution is 2.31. The first kappa shape index (κ1) is 24.6. The van der Waals surface area contributed by atoms with Gasteiger partial charge in [0.05, 0.1) is 0 Å². The fourth-order valence-corrected chi connectivity index (χ4v) is 4.23. The van der Waals surface area contributed by atoms with Crippen molar-refractivity contribution in [1.82, 2.24) is 15.1 Å². The third-order valence-electron chi connectivity index (χ3n) is 6.03. The highest BCUT2D eigenvalue weighted by Gasteiger charge is 2.29. The summed E-state index contributed by atoms with van der Waals surface area (Å²) in [6, 6.07) is 4.83. The first-order chi connectivity index (χ1) is 15.6. The number of piperazine rings is 1. The number of amidine groups is 2. The summed E-state index contributed by atoms with van der Waals surface area (Å²) in [5, 5.41) is 3.27. The van der Waals surface area contributed by atoms with Crippen LogP contribution in [0.1, 0.15) is 37.0 Å². The number of hydrogen-bond donors (Lipinski definition) is 2. The largest absolute Gasteiger partial charge is 0.387 e. The third kappa shape index (κ3) is 5.84. The lowest BCUT2D eigenvalue weighted by molar-refractivity contribution is -0.128. The van der Waals surface area contributed by atoms with Gasteiger partial charge >= 0.3 is 0 Å². The molecule has 0 saturated carbocycles. The first-order valence-corrected chi connectivity index (χ1v) is 11.1. The molecular weight excluding hydrogens is 426 g/mol. The van der Waals surface area contributed by atoms with E-state index < -0.39 is 5.92 Å². The molecule has 2 aliphatic heterocycles. The van der Waals surface area contributed by atoms with Crippen molar-refractivity contribution in [2.45, 2.75) is 33.1 Å². The van der Waals surface area contributed by atoms with Crippen molar-refractivity contribution in [1.29, 1.82) is 0 Å². The van der Waals surface area contributed by atoms with Crippen LogP contribution < -0.4 is 11.1 Å². The molecule has 9 heteroatoms. The molecule has 0 aliphatic carbocycles. The Bertz CT molecular complexity index is 1000. The van der Waals surface area contributed by atoms with Gasteiger partial charge in [-0.2, -0.15) is 0 Å². The maximum Gasteiger partial charge on any atom is 0.270 e. The van der Waals surface area contributed by atoms with Crippen LogP contribution in [0.15, 0.2) is 52.2 Å². The Morgan fingerprint density at radius 2 is 2.00 bits per heavy atom. The number of allylic oxidation sites excluding steroid dienone is 1. The summed E-state index contributed by atoms with van der Waals surface area (Å²) in [6.07, 6.45) is 1.82. The van der Waals surface area contributed by atoms with Gasteiger partial charge in [0.2, 0.25) is 0 Å². The average Bonchev–Trinajstić information content (AvgIpc) is 3.10. The summed E-state index contributed by atoms with van der Waals surface area (Å²) >= 11 is 0. The van der Waals surface area contributed by atoms with Crippen LogP contribution in [0, 0.1) is 6.92 Å². The lowest BCUT2D eigenvalue weighted by Crippen LogP contribution is -2.50. The highest BCUT2D eigenvalue weighted by atomic mass is 19.3. The minimum absolute atomic E-state index is 0.0120. The van der Waals surface area contributed by atoms with E-state index in [1.165, 1.54) is 12.3 Å². The number of rotatable bonds is 7. The van der Waals surface area contributed by atoms with E-state index in [9.17, 15) is 13.6 Å². The van der Waals surface area contributed by atoms with Gasteiger partial charge in [0.25, 0.3) is 11.8 Å². The zero-order chi connectivity index (χ0) is 24.2. The van der Waals surface area contributed by atoms with Crippen LogP contribution in [0.5, 0.6) is 0 Å². The zero-order valence-corrected chi connectivity index (χ0v) is 19.5. The monoisotopic (exact) mass is 458 g/mol. The number of halogens is 2. The topological polar surface area (TPSA) is 86.3 Å². The molecule has 3 rings (SSSR count). The molecule has 3 N–H and O–H groups in total. The minimum atomic E-state index is -2.93. The van der Waals surface area contributed by atoms with Gasteiger partial charge in [-0.1, -0.05) is 24.8 Å². The van der Waals surface area contributed by atoms with Crippen LogP contribution in [0.3, 0.4) is 0 Å². The van der Waals surface area contributed by atoms with E-state index in [-0.39, 0.29) is 11.5 Å². The van der Waals surface area contributed by atoms with Crippen molar-refractivity contribution in [3.8, 4) is 0 Å². The van der Waals surface area contributed by atoms with E-state index in [1.807, 2.05) is 11.8 Å². The van der Waals surface area contributed by atoms with Gasteiger partial charge in [0.15, 0.2) is 0 Å². The number of alkyl halides is 2. The molecule has 1 aromatic rings. The number of nitrogens with two attached hydrogens (primary N) is 1. The molecular formula is C24H32F2N6O. The van der Waals surface area contributed by atoms with Crippen LogP contribution in [0.25, 0.3) is 0 Å². The van der Waals surface area contributed by atoms with E-state index in [0.717, 1.165) is 26.6 Å². The number of hydrogen-bond acceptors (Lipinski definition) is 5. The molecule has 0 bridgehead atoms. The molecule has 2 heterocycles. The van der Waals surface area contributed by atoms with Gasteiger partial charge in [0, 0.05) is 81.2 Å². The van der Waals surface area contributed by atoms with E-state index in [2.05, 4.69) is 26.8 Å². The second kappa shape index (κ2) is 10.2. The van der Waals surface area contributed by atoms with Gasteiger partial charge in [0.1, 0.15) is 11.7 Å². The molecule has 1 fully saturated rings. The van der Waals surface area contributed by atoms with Gasteiger partial charge in [-0.15, -0.1) is 0 Å². The van der Waals surface area contributed by atoms with E-state index in [0.29, 0.717) is 60.1 Å². The molecule has 0 unspecified atom stereocenters. The Morgan fingerprint density at radius 1 is 1.30 bits per heavy atom. The van der Waals surface area contributed by atoms with Crippen molar-refractivity contribution in [2.24, 2.45) is 15.7 Å². The number of carbonyl (C=O) groups is 1. The maximum atomic E-state index is 13.9. The zero-order valence-electron chi connectivity index (χ0n) is 19.5. The third-order valence-corrected chi connectivity index (χ3v) is 6.03. The van der Waals surface area contributed by atoms with Crippen LogP contribution >= 0.6 is 0 Å². The normalized spacial score (nSPS) is 17.9. The van der Waals surface area contributed by atoms with Gasteiger partial charge in [-0.3, -0.25) is 9.69 Å². The molecule has 1 saturated heterocycles. The van der Waals surface area contributed by atoms with E-state index in [4.69, 9.17) is 5.73 Å². The Kier molecular flexibility index (Phi) is 7.63. The van der Waals surface area contributed by atoms with Gasteiger partial charge < -0.3 is 16.0 Å². The Balaban J connectivity index is 1.54. The number of carbonyl (C=O) groups excluding carboxylic acids is 1. The molecule has 178 valence electrons. The lowest BCUT2D eigenvalue weighted by atomic mass is 9.97. The summed E-state index contributed by atoms with van der Waals surface area (Å²) in [4.78, 5) is 25.3. The summed E-state index contributed by atoms with van der Waals surface area (Å²) in [5.74, 6) is -1.91. The predicted octanol–water partition coefficient (Wildman–Crippen LogP) is 2.77. The van der Waals surface area contributed by atoms with Gasteiger partial charge in [-0.05, 0) is 19.4 Å². The molecule has 0 spiro atoms. The molecule has 0 radical (unpaired) electrons. The maximum absolute atomic E-state index is 13.9. The molecule has 0 atom stereocenters. The SMILES string of the molecule is C=C/N=C(/NCCN1CCN(C(=O)C2=C(C)N=C(N)C2)CC1)c1cccc(C(C)(F)F)c1C. The highest BCUT2D eigenvalue weighted by molar-refractivity contribution is 6.03. The number of amides is 1. The molecule has 1 aromatic carbocycles. The average molecular weight is 459 g/mol. The molecule has 1 amide bonds. The van der Waals surface area contributed by atoms with E-state index >= 15 is 0 Å². The lowest BCUT2D eigenvalue weighted by Gasteiger charge is -2.35. The summed E-state index contributed by atoms with van der Waals surface area (Å²) < 4.78 is 27.9. The van der Waals surface area contributed by atoms with Crippen molar-refractivity contribution in [3.05, 3.63) is 58.9 Å². The Morgan fingerprint density at radius 3 is 2.58 bits per heavy atom. The number of benzene rings is 1. The van der Waals surface area contributed by atoms with Crippen LogP contribution in [-0.2, 0) is 10.7 Å². The van der Waals surface area contributed by atoms with Crippen LogP contribution in [0.4, 0.5) is 8.78 Å². The second-order valence-corrected chi connectivity index (χ2v) is 8.43. The fourth-order valence-electron chi connectivity index (χ4n) is 4.23. The molecule has 7 nitrogen and oxygen atoms in total. The predicted molar refractivity (Wildman–Crippen MR) is 127 cm³/mol. The Hall–Kier alpha value is -3.07. The van der Waals surface area contributed by atoms with Crippen LogP contribution in [-0.4, -0.2) is 66.6 Å². The van der Waals surface area contributed by atoms with Crippen molar-refractivity contribution >= 4 is 17.6 Å². The number of aliphatic imine (C=N–C) groups is 2. The second-order valence-electron chi connectivity index (χ2n) is 8.43. The quantitative estimate of drug-likeness (QED) is 0.486. The molecule has 2 aliphatic rings. The van der Waals surface area contributed by atoms with Crippen molar-refractivity contribution in [2.75, 3.05) is 39.3 Å². The Labute approximate surface area is 193 Å². The summed E-state index contributed by atoms with van der Waals surface area (Å²) in [5.41, 5.74) is 8.25. The standard InChI is InChI=1S/C24H32F2N6O/c1-5-28-22(18-7-6-8-20(16(18)2)24(4,25)26)29-9-10-31-11-13-32(14-12-31)23(33)19-15-21(27)30-17(19)3/h5-8H,1,9-15H2,2-4H3,(H2,27,30)(H,28,29). The van der Waals surface area contributed by atoms with E-state index in [1.54, 1.807) is 19.1 Å². The molecule has 33 heavy (non-hydrogen) atoms. The molecule has 0 aromatic heterocycles. The van der Waals surface area contributed by atoms with Crippen LogP contribution in [0.2, 0.25) is 0 Å². The minimum Gasteiger partial charge on any atom is -0.387 e. The number of nitrogens with one attached hydrogen (secondary N) is 1. The number of nitrogens with zero attached hydrogens (tertiary/aromatic N) is 4. The summed E-state index contributed by atoms with van der Waals surface area (Å²) in [6.45, 7) is 12.1. The fraction of sp³-hybridized carbons (Fsp3) is 0.458. The smallest absolute Gasteiger partial charge is 0.270 e.